The van der Waals surface area contributed by atoms with E-state index in [2.05, 4.69) is 47.3 Å². The Morgan fingerprint density at radius 1 is 0.717 bits per heavy atom. The number of nitrogens with zero attached hydrogens (tertiary/aromatic N) is 2. The molecule has 0 radical (unpaired) electrons. The minimum Gasteiger partial charge on any atom is -0.327 e. The first-order valence-corrected chi connectivity index (χ1v) is 22.8. The van der Waals surface area contributed by atoms with Gasteiger partial charge in [0.2, 0.25) is 11.7 Å². The van der Waals surface area contributed by atoms with Crippen molar-refractivity contribution < 1.29 is 26.7 Å². The lowest BCUT2D eigenvalue weighted by Gasteiger charge is -2.25. The Kier molecular flexibility index (Phi) is 33.4. The maximum Gasteiger partial charge on any atom is 0.397 e. The fraction of sp³-hybridized carbons (Fsp3) is 0.837. The summed E-state index contributed by atoms with van der Waals surface area (Å²) < 4.78 is 29.7. The fourth-order valence-electron chi connectivity index (χ4n) is 6.66. The summed E-state index contributed by atoms with van der Waals surface area (Å²) in [7, 11) is -3.29. The highest BCUT2D eigenvalue weighted by molar-refractivity contribution is 7.80. The standard InChI is InChI=1S/C42H77N3O2.CH4O4S/c1-5-7-9-11-13-15-17-19-21-23-25-27-29-31-33-37(3)42(47)45-36-35-44-41(45)40(46)39(38(4)43)34-32-30-28-26-24-22-20-18-16-14-12-10-8-6-2;1-5-6(2,3)4/h19-22,37-39H,5-18,23-36,43H2,1-4H3;1H3,(H,2,3,4)/b21-19-,22-20-;. The largest absolute Gasteiger partial charge is 0.397 e. The van der Waals surface area contributed by atoms with Crippen LogP contribution >= 0.6 is 0 Å². The van der Waals surface area contributed by atoms with Crippen LogP contribution in [0.3, 0.4) is 0 Å². The summed E-state index contributed by atoms with van der Waals surface area (Å²) in [5.41, 5.74) is 6.31. The highest BCUT2D eigenvalue weighted by Crippen LogP contribution is 2.22. The molecule has 0 aromatic carbocycles. The molecule has 3 N–H and O–H groups in total. The molecule has 0 saturated heterocycles. The van der Waals surface area contributed by atoms with Crippen molar-refractivity contribution in [3.05, 3.63) is 24.3 Å². The van der Waals surface area contributed by atoms with Gasteiger partial charge in [-0.15, -0.1) is 0 Å². The molecular formula is C43H81N3O6S. The molecule has 0 bridgehead atoms. The van der Waals surface area contributed by atoms with Gasteiger partial charge < -0.3 is 5.73 Å². The van der Waals surface area contributed by atoms with Crippen LogP contribution in [0.25, 0.3) is 0 Å². The zero-order valence-corrected chi connectivity index (χ0v) is 35.5. The van der Waals surface area contributed by atoms with E-state index in [1.54, 1.807) is 4.90 Å². The predicted molar refractivity (Wildman–Crippen MR) is 224 cm³/mol. The second-order valence-electron chi connectivity index (χ2n) is 15.1. The molecule has 0 spiro atoms. The number of rotatable bonds is 33. The highest BCUT2D eigenvalue weighted by Gasteiger charge is 2.35. The SMILES string of the molecule is CCCCCCCC/C=C\CCCCCCC(C)C(=O)N1CCN=C1C(=O)C(CCCCCC/C=C\CCCCCCCC)C(C)N.COS(=O)(=O)O. The minimum atomic E-state index is -4.16. The van der Waals surface area contributed by atoms with Gasteiger partial charge >= 0.3 is 10.4 Å². The summed E-state index contributed by atoms with van der Waals surface area (Å²) in [6, 6.07) is -0.240. The molecule has 3 atom stereocenters. The van der Waals surface area contributed by atoms with Gasteiger partial charge in [-0.1, -0.05) is 148 Å². The average molecular weight is 768 g/mol. The number of ketones is 1. The van der Waals surface area contributed by atoms with Crippen LogP contribution in [0.4, 0.5) is 0 Å². The number of amides is 1. The van der Waals surface area contributed by atoms with E-state index in [0.29, 0.717) is 18.9 Å². The Balaban J connectivity index is 0.00000413. The molecule has 0 aromatic heterocycles. The molecule has 0 saturated carbocycles. The van der Waals surface area contributed by atoms with Gasteiger partial charge in [0.1, 0.15) is 0 Å². The van der Waals surface area contributed by atoms with E-state index in [1.807, 2.05) is 13.8 Å². The van der Waals surface area contributed by atoms with Crippen LogP contribution in [-0.4, -0.2) is 61.6 Å². The zero-order chi connectivity index (χ0) is 39.6. The Hall–Kier alpha value is -1.88. The number of unbranched alkanes of at least 4 members (excludes halogenated alkanes) is 20. The Morgan fingerprint density at radius 2 is 1.09 bits per heavy atom. The molecule has 3 unspecified atom stereocenters. The number of amidine groups is 1. The van der Waals surface area contributed by atoms with Crippen molar-refractivity contribution in [3.63, 3.8) is 0 Å². The lowest BCUT2D eigenvalue weighted by Crippen LogP contribution is -2.46. The van der Waals surface area contributed by atoms with E-state index in [-0.39, 0.29) is 29.6 Å². The highest BCUT2D eigenvalue weighted by atomic mass is 32.3. The van der Waals surface area contributed by atoms with Gasteiger partial charge in [-0.05, 0) is 71.1 Å². The average Bonchev–Trinajstić information content (AvgIpc) is 3.63. The molecule has 1 rings (SSSR count). The number of hydrogen-bond donors (Lipinski definition) is 2. The van der Waals surface area contributed by atoms with Crippen LogP contribution in [0.5, 0.6) is 0 Å². The van der Waals surface area contributed by atoms with Crippen molar-refractivity contribution in [1.82, 2.24) is 4.90 Å². The van der Waals surface area contributed by atoms with E-state index in [4.69, 9.17) is 10.3 Å². The molecule has 0 aromatic rings. The van der Waals surface area contributed by atoms with Crippen molar-refractivity contribution in [3.8, 4) is 0 Å². The van der Waals surface area contributed by atoms with Gasteiger partial charge in [0, 0.05) is 24.4 Å². The second-order valence-corrected chi connectivity index (χ2v) is 16.2. The van der Waals surface area contributed by atoms with Crippen molar-refractivity contribution in [2.24, 2.45) is 22.6 Å². The second kappa shape index (κ2) is 34.6. The van der Waals surface area contributed by atoms with Gasteiger partial charge in [0.05, 0.1) is 13.7 Å². The molecule has 0 fully saturated rings. The maximum absolute atomic E-state index is 13.6. The summed E-state index contributed by atoms with van der Waals surface area (Å²) >= 11 is 0. The van der Waals surface area contributed by atoms with Crippen LogP contribution in [-0.2, 0) is 24.2 Å². The number of nitrogens with two attached hydrogens (primary N) is 1. The van der Waals surface area contributed by atoms with Crippen molar-refractivity contribution in [2.75, 3.05) is 20.2 Å². The first kappa shape index (κ1) is 51.1. The lowest BCUT2D eigenvalue weighted by atomic mass is 9.89. The van der Waals surface area contributed by atoms with Crippen LogP contribution in [0.2, 0.25) is 0 Å². The third-order valence-corrected chi connectivity index (χ3v) is 10.5. The first-order valence-electron chi connectivity index (χ1n) is 21.5. The molecule has 10 heteroatoms. The van der Waals surface area contributed by atoms with E-state index >= 15 is 0 Å². The number of carbonyl (C=O) groups excluding carboxylic acids is 2. The normalized spacial score (nSPS) is 15.1. The predicted octanol–water partition coefficient (Wildman–Crippen LogP) is 11.1. The topological polar surface area (TPSA) is 139 Å². The van der Waals surface area contributed by atoms with Crippen molar-refractivity contribution >= 4 is 27.9 Å². The quantitative estimate of drug-likeness (QED) is 0.0385. The Bertz CT molecular complexity index is 1110. The van der Waals surface area contributed by atoms with Gasteiger partial charge in [0.25, 0.3) is 0 Å². The van der Waals surface area contributed by atoms with Crippen LogP contribution in [0, 0.1) is 11.8 Å². The molecule has 9 nitrogen and oxygen atoms in total. The Labute approximate surface area is 326 Å². The number of allylic oxidation sites excluding steroid dienone is 4. The lowest BCUT2D eigenvalue weighted by molar-refractivity contribution is -0.132. The van der Waals surface area contributed by atoms with E-state index in [0.717, 1.165) is 58.5 Å². The first-order chi connectivity index (χ1) is 25.5. The number of aliphatic imine (C=N–C) groups is 1. The molecule has 1 heterocycles. The third-order valence-electron chi connectivity index (χ3n) is 10.1. The molecule has 53 heavy (non-hydrogen) atoms. The van der Waals surface area contributed by atoms with Crippen LogP contribution < -0.4 is 5.73 Å². The van der Waals surface area contributed by atoms with Crippen molar-refractivity contribution in [1.29, 1.82) is 0 Å². The summed E-state index contributed by atoms with van der Waals surface area (Å²) in [4.78, 5) is 33.1. The third kappa shape index (κ3) is 29.1. The molecule has 1 aliphatic rings. The fourth-order valence-corrected chi connectivity index (χ4v) is 6.66. The maximum atomic E-state index is 13.6. The van der Waals surface area contributed by atoms with Gasteiger partial charge in [-0.25, -0.2) is 0 Å². The van der Waals surface area contributed by atoms with Crippen LogP contribution in [0.1, 0.15) is 195 Å². The molecule has 1 aliphatic heterocycles. The summed E-state index contributed by atoms with van der Waals surface area (Å²) in [6.45, 7) is 9.51. The zero-order valence-electron chi connectivity index (χ0n) is 34.7. The smallest absolute Gasteiger partial charge is 0.327 e. The molecule has 0 aliphatic carbocycles. The minimum absolute atomic E-state index is 0.0276. The number of carbonyl (C=O) groups is 2. The number of hydrogen-bond acceptors (Lipinski definition) is 7. The summed E-state index contributed by atoms with van der Waals surface area (Å²) in [5, 5.41) is 0. The van der Waals surface area contributed by atoms with E-state index in [9.17, 15) is 18.0 Å². The molecule has 310 valence electrons. The number of Topliss-reactive ketones (excluding diaryl/α,β-unsaturated/α-hetero) is 1. The van der Waals surface area contributed by atoms with Crippen molar-refractivity contribution in [2.45, 2.75) is 201 Å². The monoisotopic (exact) mass is 768 g/mol. The molecular weight excluding hydrogens is 687 g/mol. The van der Waals surface area contributed by atoms with Gasteiger partial charge in [-0.3, -0.25) is 28.2 Å². The summed E-state index contributed by atoms with van der Waals surface area (Å²) in [6.07, 6.45) is 41.3. The van der Waals surface area contributed by atoms with E-state index < -0.39 is 10.4 Å². The van der Waals surface area contributed by atoms with E-state index in [1.165, 1.54) is 116 Å². The van der Waals surface area contributed by atoms with Gasteiger partial charge in [-0.2, -0.15) is 8.42 Å². The summed E-state index contributed by atoms with van der Waals surface area (Å²) in [5.74, 6) is 0.0410. The van der Waals surface area contributed by atoms with Crippen LogP contribution in [0.15, 0.2) is 29.3 Å². The molecule has 1 amide bonds. The Morgan fingerprint density at radius 3 is 1.49 bits per heavy atom. The van der Waals surface area contributed by atoms with Gasteiger partial charge in [0.15, 0.2) is 5.84 Å².